The van der Waals surface area contributed by atoms with Gasteiger partial charge in [-0.05, 0) is 61.4 Å². The number of rotatable bonds is 6. The second-order valence-electron chi connectivity index (χ2n) is 8.75. The lowest BCUT2D eigenvalue weighted by Gasteiger charge is -2.36. The average molecular weight is 518 g/mol. The molecule has 176 valence electrons. The van der Waals surface area contributed by atoms with E-state index in [1.807, 2.05) is 4.90 Å². The van der Waals surface area contributed by atoms with Gasteiger partial charge in [-0.2, -0.15) is 0 Å². The van der Waals surface area contributed by atoms with Crippen LogP contribution in [0.5, 0.6) is 0 Å². The first-order valence-electron chi connectivity index (χ1n) is 11.0. The molecule has 1 atom stereocenters. The van der Waals surface area contributed by atoms with E-state index in [9.17, 15) is 14.9 Å². The lowest BCUT2D eigenvalue weighted by Crippen LogP contribution is -2.42. The van der Waals surface area contributed by atoms with Crippen molar-refractivity contribution in [2.45, 2.75) is 31.3 Å². The molecule has 0 aliphatic carbocycles. The SMILES string of the molecule is CN(C)C1CCN(c2cc(C(=O)N3CC[C@@H](Nc4ncc(Br)cn4)C3)ccc2[N+](=O)[O-])CC1. The first-order valence-corrected chi connectivity index (χ1v) is 11.8. The fraction of sp³-hybridized carbons (Fsp3) is 0.500. The number of amides is 1. The molecule has 11 heteroatoms. The van der Waals surface area contributed by atoms with Crippen molar-refractivity contribution in [1.82, 2.24) is 19.8 Å². The third kappa shape index (κ3) is 5.41. The molecule has 4 rings (SSSR count). The topological polar surface area (TPSA) is 108 Å². The van der Waals surface area contributed by atoms with Gasteiger partial charge in [0.25, 0.3) is 11.6 Å². The van der Waals surface area contributed by atoms with E-state index in [0.717, 1.165) is 36.8 Å². The lowest BCUT2D eigenvalue weighted by molar-refractivity contribution is -0.384. The maximum absolute atomic E-state index is 13.2. The number of benzene rings is 1. The van der Waals surface area contributed by atoms with Crippen LogP contribution in [0.25, 0.3) is 0 Å². The highest BCUT2D eigenvalue weighted by molar-refractivity contribution is 9.10. The number of likely N-dealkylation sites (tertiary alicyclic amines) is 1. The van der Waals surface area contributed by atoms with Crippen LogP contribution in [-0.4, -0.2) is 83.0 Å². The van der Waals surface area contributed by atoms with Crippen LogP contribution in [0.4, 0.5) is 17.3 Å². The largest absolute Gasteiger partial charge is 0.366 e. The van der Waals surface area contributed by atoms with Gasteiger partial charge in [0.05, 0.1) is 9.40 Å². The number of carbonyl (C=O) groups is 1. The molecule has 1 N–H and O–H groups in total. The molecule has 2 aromatic rings. The fourth-order valence-electron chi connectivity index (χ4n) is 4.50. The lowest BCUT2D eigenvalue weighted by atomic mass is 10.0. The zero-order valence-corrected chi connectivity index (χ0v) is 20.4. The van der Waals surface area contributed by atoms with E-state index in [1.54, 1.807) is 29.4 Å². The Hall–Kier alpha value is -2.79. The number of hydrogen-bond donors (Lipinski definition) is 1. The smallest absolute Gasteiger partial charge is 0.292 e. The normalized spacial score (nSPS) is 19.2. The molecule has 2 aliphatic heterocycles. The maximum atomic E-state index is 13.2. The Morgan fingerprint density at radius 3 is 2.52 bits per heavy atom. The molecule has 0 saturated carbocycles. The van der Waals surface area contributed by atoms with Gasteiger partial charge in [-0.25, -0.2) is 9.97 Å². The van der Waals surface area contributed by atoms with Crippen LogP contribution < -0.4 is 10.2 Å². The van der Waals surface area contributed by atoms with Gasteiger partial charge in [0.15, 0.2) is 0 Å². The Kier molecular flexibility index (Phi) is 7.08. The number of nitro benzene ring substituents is 1. The molecule has 2 saturated heterocycles. The molecule has 10 nitrogen and oxygen atoms in total. The van der Waals surface area contributed by atoms with Gasteiger partial charge < -0.3 is 20.0 Å². The predicted molar refractivity (Wildman–Crippen MR) is 130 cm³/mol. The number of anilines is 2. The van der Waals surface area contributed by atoms with Crippen molar-refractivity contribution in [3.8, 4) is 0 Å². The van der Waals surface area contributed by atoms with Crippen molar-refractivity contribution < 1.29 is 9.72 Å². The summed E-state index contributed by atoms with van der Waals surface area (Å²) in [6.45, 7) is 2.58. The van der Waals surface area contributed by atoms with Crippen molar-refractivity contribution in [3.05, 3.63) is 50.7 Å². The molecule has 1 amide bonds. The standard InChI is InChI=1S/C22H28BrN7O3/c1-27(2)18-6-9-28(10-7-18)20-11-15(3-4-19(20)30(32)33)21(31)29-8-5-17(14-29)26-22-24-12-16(23)13-25-22/h3-4,11-13,17-18H,5-10,14H2,1-2H3,(H,24,25,26)/t17-/m1/s1. The van der Waals surface area contributed by atoms with Crippen molar-refractivity contribution >= 4 is 39.2 Å². The van der Waals surface area contributed by atoms with Gasteiger partial charge in [-0.3, -0.25) is 14.9 Å². The van der Waals surface area contributed by atoms with Gasteiger partial charge in [-0.15, -0.1) is 0 Å². The third-order valence-electron chi connectivity index (χ3n) is 6.38. The summed E-state index contributed by atoms with van der Waals surface area (Å²) in [6.07, 6.45) is 5.99. The summed E-state index contributed by atoms with van der Waals surface area (Å²) >= 11 is 3.32. The number of nitrogens with one attached hydrogen (secondary N) is 1. The zero-order valence-electron chi connectivity index (χ0n) is 18.8. The van der Waals surface area contributed by atoms with E-state index in [1.165, 1.54) is 6.07 Å². The van der Waals surface area contributed by atoms with E-state index in [4.69, 9.17) is 0 Å². The summed E-state index contributed by atoms with van der Waals surface area (Å²) in [5.74, 6) is 0.409. The Morgan fingerprint density at radius 2 is 1.88 bits per heavy atom. The van der Waals surface area contributed by atoms with Crippen molar-refractivity contribution in [1.29, 1.82) is 0 Å². The first kappa shape index (κ1) is 23.4. The summed E-state index contributed by atoms with van der Waals surface area (Å²) in [6, 6.07) is 5.23. The summed E-state index contributed by atoms with van der Waals surface area (Å²) < 4.78 is 0.802. The molecule has 3 heterocycles. The summed E-state index contributed by atoms with van der Waals surface area (Å²) in [7, 11) is 4.12. The van der Waals surface area contributed by atoms with E-state index in [2.05, 4.69) is 50.2 Å². The van der Waals surface area contributed by atoms with Crippen LogP contribution in [0.15, 0.2) is 35.1 Å². The van der Waals surface area contributed by atoms with Gasteiger partial charge in [0.2, 0.25) is 5.95 Å². The van der Waals surface area contributed by atoms with Crippen molar-refractivity contribution in [3.63, 3.8) is 0 Å². The van der Waals surface area contributed by atoms with Crippen LogP contribution in [0.3, 0.4) is 0 Å². The Morgan fingerprint density at radius 1 is 1.18 bits per heavy atom. The van der Waals surface area contributed by atoms with Gasteiger partial charge in [0.1, 0.15) is 5.69 Å². The minimum Gasteiger partial charge on any atom is -0.366 e. The number of nitro groups is 1. The number of halogens is 1. The predicted octanol–water partition coefficient (Wildman–Crippen LogP) is 3.00. The second kappa shape index (κ2) is 10.0. The molecule has 2 fully saturated rings. The first-order chi connectivity index (χ1) is 15.8. The molecule has 0 radical (unpaired) electrons. The van der Waals surface area contributed by atoms with Crippen LogP contribution in [0.1, 0.15) is 29.6 Å². The highest BCUT2D eigenvalue weighted by Crippen LogP contribution is 2.32. The molecule has 2 aliphatic rings. The fourth-order valence-corrected chi connectivity index (χ4v) is 4.71. The van der Waals surface area contributed by atoms with E-state index >= 15 is 0 Å². The summed E-state index contributed by atoms with van der Waals surface area (Å²) in [5.41, 5.74) is 1.05. The highest BCUT2D eigenvalue weighted by atomic mass is 79.9. The Labute approximate surface area is 201 Å². The number of carbonyl (C=O) groups excluding carboxylic acids is 1. The van der Waals surface area contributed by atoms with E-state index < -0.39 is 0 Å². The van der Waals surface area contributed by atoms with Gasteiger partial charge in [0, 0.05) is 62.3 Å². The van der Waals surface area contributed by atoms with Crippen LogP contribution in [0, 0.1) is 10.1 Å². The number of hydrogen-bond acceptors (Lipinski definition) is 8. The maximum Gasteiger partial charge on any atom is 0.292 e. The van der Waals surface area contributed by atoms with Crippen molar-refractivity contribution in [2.24, 2.45) is 0 Å². The zero-order chi connectivity index (χ0) is 23.5. The number of aromatic nitrogens is 2. The minimum atomic E-state index is -0.365. The number of nitrogens with zero attached hydrogens (tertiary/aromatic N) is 6. The molecular weight excluding hydrogens is 490 g/mol. The quantitative estimate of drug-likeness (QED) is 0.460. The summed E-state index contributed by atoms with van der Waals surface area (Å²) in [4.78, 5) is 39.0. The third-order valence-corrected chi connectivity index (χ3v) is 6.79. The van der Waals surface area contributed by atoms with Crippen LogP contribution in [-0.2, 0) is 0 Å². The van der Waals surface area contributed by atoms with Gasteiger partial charge in [-0.1, -0.05) is 0 Å². The highest BCUT2D eigenvalue weighted by Gasteiger charge is 2.30. The number of piperidine rings is 1. The molecule has 1 aromatic heterocycles. The average Bonchev–Trinajstić information content (AvgIpc) is 3.28. The Balaban J connectivity index is 1.46. The monoisotopic (exact) mass is 517 g/mol. The molecule has 0 unspecified atom stereocenters. The van der Waals surface area contributed by atoms with E-state index in [-0.39, 0.29) is 22.6 Å². The van der Waals surface area contributed by atoms with Crippen molar-refractivity contribution in [2.75, 3.05) is 50.5 Å². The van der Waals surface area contributed by atoms with Crippen LogP contribution >= 0.6 is 15.9 Å². The molecule has 1 aromatic carbocycles. The Bertz CT molecular complexity index is 1010. The van der Waals surface area contributed by atoms with Crippen LogP contribution in [0.2, 0.25) is 0 Å². The molecular formula is C22H28BrN7O3. The van der Waals surface area contributed by atoms with E-state index in [0.29, 0.717) is 36.3 Å². The molecule has 0 bridgehead atoms. The molecule has 0 spiro atoms. The second-order valence-corrected chi connectivity index (χ2v) is 9.66. The summed E-state index contributed by atoms with van der Waals surface area (Å²) in [5, 5.41) is 14.9. The molecule has 33 heavy (non-hydrogen) atoms. The minimum absolute atomic E-state index is 0.0446. The van der Waals surface area contributed by atoms with Gasteiger partial charge >= 0.3 is 0 Å².